The molecule has 166 valence electrons. The van der Waals surface area contributed by atoms with Gasteiger partial charge in [0.25, 0.3) is 0 Å². The molecule has 0 saturated heterocycles. The van der Waals surface area contributed by atoms with E-state index in [9.17, 15) is 9.18 Å². The van der Waals surface area contributed by atoms with Gasteiger partial charge in [-0.15, -0.1) is 0 Å². The molecule has 6 nitrogen and oxygen atoms in total. The fraction of sp³-hybridized carbons (Fsp3) is 0.280. The average Bonchev–Trinajstić information content (AvgIpc) is 2.81. The van der Waals surface area contributed by atoms with Crippen LogP contribution >= 0.6 is 0 Å². The molecule has 0 unspecified atom stereocenters. The second-order valence-corrected chi connectivity index (χ2v) is 8.01. The maximum atomic E-state index is 14.0. The van der Waals surface area contributed by atoms with Crippen LogP contribution < -0.4 is 15.4 Å². The second kappa shape index (κ2) is 9.78. The fourth-order valence-electron chi connectivity index (χ4n) is 3.95. The van der Waals surface area contributed by atoms with Gasteiger partial charge in [-0.05, 0) is 40.8 Å². The zero-order valence-corrected chi connectivity index (χ0v) is 17.8. The van der Waals surface area contributed by atoms with Gasteiger partial charge in [0.2, 0.25) is 5.88 Å². The molecule has 1 aliphatic heterocycles. The van der Waals surface area contributed by atoms with E-state index in [2.05, 4.69) is 27.8 Å². The van der Waals surface area contributed by atoms with Crippen LogP contribution in [-0.4, -0.2) is 35.3 Å². The molecule has 0 saturated carbocycles. The highest BCUT2D eigenvalue weighted by molar-refractivity contribution is 5.70. The summed E-state index contributed by atoms with van der Waals surface area (Å²) in [5.41, 5.74) is 3.05. The van der Waals surface area contributed by atoms with E-state index in [4.69, 9.17) is 9.84 Å². The summed E-state index contributed by atoms with van der Waals surface area (Å²) in [5, 5.41) is 16.0. The summed E-state index contributed by atoms with van der Waals surface area (Å²) < 4.78 is 20.2. The summed E-state index contributed by atoms with van der Waals surface area (Å²) in [6, 6.07) is 18.5. The van der Waals surface area contributed by atoms with E-state index in [0.29, 0.717) is 19.0 Å². The Morgan fingerprint density at radius 1 is 1.22 bits per heavy atom. The third kappa shape index (κ3) is 5.06. The SMILES string of the molecule is C[C@H](CN[C@H](c1ccccc1)[C@H]1CNc2cccnc2O1)c1ccc(F)c(CC(=O)O)c1. The smallest absolute Gasteiger partial charge is 0.307 e. The third-order valence-electron chi connectivity index (χ3n) is 5.68. The van der Waals surface area contributed by atoms with Crippen molar-refractivity contribution in [3.05, 3.63) is 89.4 Å². The van der Waals surface area contributed by atoms with Crippen LogP contribution in [0.2, 0.25) is 0 Å². The first-order chi connectivity index (χ1) is 15.5. The first kappa shape index (κ1) is 21.8. The van der Waals surface area contributed by atoms with Crippen molar-refractivity contribution in [1.29, 1.82) is 0 Å². The van der Waals surface area contributed by atoms with Crippen molar-refractivity contribution in [3.63, 3.8) is 0 Å². The number of fused-ring (bicyclic) bond motifs is 1. The summed E-state index contributed by atoms with van der Waals surface area (Å²) >= 11 is 0. The Balaban J connectivity index is 1.51. The molecule has 1 aromatic heterocycles. The Morgan fingerprint density at radius 3 is 2.81 bits per heavy atom. The van der Waals surface area contributed by atoms with Gasteiger partial charge in [-0.1, -0.05) is 49.4 Å². The molecule has 0 bridgehead atoms. The predicted molar refractivity (Wildman–Crippen MR) is 120 cm³/mol. The lowest BCUT2D eigenvalue weighted by Crippen LogP contribution is -2.43. The van der Waals surface area contributed by atoms with Gasteiger partial charge < -0.3 is 20.5 Å². The summed E-state index contributed by atoms with van der Waals surface area (Å²) in [6.07, 6.45) is 1.20. The lowest BCUT2D eigenvalue weighted by Gasteiger charge is -2.33. The zero-order chi connectivity index (χ0) is 22.5. The summed E-state index contributed by atoms with van der Waals surface area (Å²) in [4.78, 5) is 15.4. The molecule has 0 amide bonds. The summed E-state index contributed by atoms with van der Waals surface area (Å²) in [7, 11) is 0. The Hall–Kier alpha value is -3.45. The Labute approximate surface area is 186 Å². The lowest BCUT2D eigenvalue weighted by molar-refractivity contribution is -0.136. The second-order valence-electron chi connectivity index (χ2n) is 8.01. The van der Waals surface area contributed by atoms with Crippen molar-refractivity contribution in [3.8, 4) is 5.88 Å². The van der Waals surface area contributed by atoms with Crippen LogP contribution in [0.15, 0.2) is 66.9 Å². The minimum Gasteiger partial charge on any atom is -0.481 e. The van der Waals surface area contributed by atoms with Gasteiger partial charge in [0, 0.05) is 12.7 Å². The number of hydrogen-bond donors (Lipinski definition) is 3. The van der Waals surface area contributed by atoms with Crippen LogP contribution in [0.4, 0.5) is 10.1 Å². The molecule has 32 heavy (non-hydrogen) atoms. The van der Waals surface area contributed by atoms with E-state index < -0.39 is 11.8 Å². The van der Waals surface area contributed by atoms with Gasteiger partial charge in [0.15, 0.2) is 0 Å². The highest BCUT2D eigenvalue weighted by atomic mass is 19.1. The van der Waals surface area contributed by atoms with E-state index in [0.717, 1.165) is 16.8 Å². The summed E-state index contributed by atoms with van der Waals surface area (Å²) in [5.74, 6) is -0.925. The van der Waals surface area contributed by atoms with E-state index in [-0.39, 0.29) is 30.0 Å². The average molecular weight is 435 g/mol. The topological polar surface area (TPSA) is 83.5 Å². The Morgan fingerprint density at radius 2 is 2.03 bits per heavy atom. The highest BCUT2D eigenvalue weighted by Gasteiger charge is 2.29. The van der Waals surface area contributed by atoms with Gasteiger partial charge in [0.1, 0.15) is 11.9 Å². The first-order valence-electron chi connectivity index (χ1n) is 10.6. The quantitative estimate of drug-likeness (QED) is 0.493. The van der Waals surface area contributed by atoms with Crippen molar-refractivity contribution in [2.45, 2.75) is 31.4 Å². The van der Waals surface area contributed by atoms with Crippen molar-refractivity contribution in [2.24, 2.45) is 0 Å². The molecular weight excluding hydrogens is 409 g/mol. The van der Waals surface area contributed by atoms with Gasteiger partial charge in [0.05, 0.1) is 24.7 Å². The number of aliphatic carboxylic acids is 1. The highest BCUT2D eigenvalue weighted by Crippen LogP contribution is 2.31. The van der Waals surface area contributed by atoms with Crippen LogP contribution in [0.1, 0.15) is 35.6 Å². The number of halogens is 1. The molecule has 7 heteroatoms. The molecule has 1 aliphatic rings. The van der Waals surface area contributed by atoms with Crippen molar-refractivity contribution in [1.82, 2.24) is 10.3 Å². The fourth-order valence-corrected chi connectivity index (χ4v) is 3.95. The number of nitrogens with zero attached hydrogens (tertiary/aromatic N) is 1. The van der Waals surface area contributed by atoms with Crippen molar-refractivity contribution >= 4 is 11.7 Å². The first-order valence-corrected chi connectivity index (χ1v) is 10.6. The van der Waals surface area contributed by atoms with E-state index >= 15 is 0 Å². The molecule has 2 heterocycles. The number of pyridine rings is 1. The van der Waals surface area contributed by atoms with Crippen LogP contribution in [0.25, 0.3) is 0 Å². The van der Waals surface area contributed by atoms with Crippen LogP contribution in [-0.2, 0) is 11.2 Å². The van der Waals surface area contributed by atoms with E-state index in [1.165, 1.54) is 6.07 Å². The standard InChI is InChI=1S/C25H26FN3O3/c1-16(18-9-10-20(26)19(12-18)13-23(30)31)14-29-24(17-6-3-2-4-7-17)22-15-28-21-8-5-11-27-25(21)32-22/h2-12,16,22,24,28-29H,13-15H2,1H3,(H,30,31)/t16-,22-,24-/m1/s1. The zero-order valence-electron chi connectivity index (χ0n) is 17.8. The number of carboxylic acids is 1. The lowest BCUT2D eigenvalue weighted by atomic mass is 9.95. The summed E-state index contributed by atoms with van der Waals surface area (Å²) in [6.45, 7) is 3.26. The molecule has 4 rings (SSSR count). The molecule has 0 spiro atoms. The molecule has 0 fully saturated rings. The maximum absolute atomic E-state index is 14.0. The molecule has 0 radical (unpaired) electrons. The number of anilines is 1. The Bertz CT molecular complexity index is 1080. The molecule has 0 aliphatic carbocycles. The molecule has 3 N–H and O–H groups in total. The Kier molecular flexibility index (Phi) is 6.66. The number of ether oxygens (including phenoxy) is 1. The normalized spacial score (nSPS) is 16.9. The van der Waals surface area contributed by atoms with Gasteiger partial charge >= 0.3 is 5.97 Å². The van der Waals surface area contributed by atoms with Gasteiger partial charge in [-0.2, -0.15) is 0 Å². The monoisotopic (exact) mass is 435 g/mol. The molecular formula is C25H26FN3O3. The molecule has 2 aromatic carbocycles. The third-order valence-corrected chi connectivity index (χ3v) is 5.68. The van der Waals surface area contributed by atoms with E-state index in [1.54, 1.807) is 18.3 Å². The maximum Gasteiger partial charge on any atom is 0.307 e. The number of nitrogens with one attached hydrogen (secondary N) is 2. The van der Waals surface area contributed by atoms with Crippen molar-refractivity contribution < 1.29 is 19.0 Å². The van der Waals surface area contributed by atoms with Gasteiger partial charge in [-0.3, -0.25) is 4.79 Å². The minimum absolute atomic E-state index is 0.0383. The van der Waals surface area contributed by atoms with Crippen LogP contribution in [0.3, 0.4) is 0 Å². The predicted octanol–water partition coefficient (Wildman–Crippen LogP) is 4.16. The number of benzene rings is 2. The minimum atomic E-state index is -1.05. The van der Waals surface area contributed by atoms with Crippen LogP contribution in [0, 0.1) is 5.82 Å². The number of carbonyl (C=O) groups is 1. The molecule has 3 atom stereocenters. The number of hydrogen-bond acceptors (Lipinski definition) is 5. The largest absolute Gasteiger partial charge is 0.481 e. The number of carboxylic acid groups (broad SMARTS) is 1. The van der Waals surface area contributed by atoms with Crippen molar-refractivity contribution in [2.75, 3.05) is 18.4 Å². The number of rotatable bonds is 8. The van der Waals surface area contributed by atoms with Crippen LogP contribution in [0.5, 0.6) is 5.88 Å². The van der Waals surface area contributed by atoms with Gasteiger partial charge in [-0.25, -0.2) is 9.37 Å². The van der Waals surface area contributed by atoms with E-state index in [1.807, 2.05) is 37.3 Å². The molecule has 3 aromatic rings. The number of aromatic nitrogens is 1.